The van der Waals surface area contributed by atoms with Crippen molar-refractivity contribution in [3.8, 4) is 0 Å². The molecule has 0 radical (unpaired) electrons. The van der Waals surface area contributed by atoms with E-state index in [1.807, 2.05) is 39.0 Å². The van der Waals surface area contributed by atoms with Gasteiger partial charge in [-0.15, -0.1) is 0 Å². The lowest BCUT2D eigenvalue weighted by molar-refractivity contribution is -0.138. The molecule has 2 aromatic rings. The molecule has 0 unspecified atom stereocenters. The summed E-state index contributed by atoms with van der Waals surface area (Å²) in [6.45, 7) is 5.81. The summed E-state index contributed by atoms with van der Waals surface area (Å²) in [7, 11) is -4.11. The molecule has 2 rings (SSSR count). The Morgan fingerprint density at radius 2 is 1.59 bits per heavy atom. The number of hydrogen-bond donors (Lipinski definition) is 1. The lowest BCUT2D eigenvalue weighted by Crippen LogP contribution is -2.24. The van der Waals surface area contributed by atoms with Gasteiger partial charge in [0, 0.05) is 21.9 Å². The third-order valence-corrected chi connectivity index (χ3v) is 6.04. The van der Waals surface area contributed by atoms with Gasteiger partial charge in [-0.2, -0.15) is 0 Å². The van der Waals surface area contributed by atoms with E-state index in [-0.39, 0.29) is 27.6 Å². The highest BCUT2D eigenvalue weighted by Crippen LogP contribution is 2.32. The van der Waals surface area contributed by atoms with Crippen LogP contribution in [-0.2, 0) is 31.2 Å². The van der Waals surface area contributed by atoms with Gasteiger partial charge in [0.05, 0.1) is 11.3 Å². The zero-order chi connectivity index (χ0) is 20.8. The Morgan fingerprint density at radius 3 is 2.04 bits per heavy atom. The van der Waals surface area contributed by atoms with Crippen LogP contribution in [0.1, 0.15) is 31.4 Å². The summed E-state index contributed by atoms with van der Waals surface area (Å²) in [5.74, 6) is -0.744. The summed E-state index contributed by atoms with van der Waals surface area (Å²) >= 11 is 0. The maximum absolute atomic E-state index is 10.9. The first-order valence-corrected chi connectivity index (χ1v) is 11.7. The highest BCUT2D eigenvalue weighted by Gasteiger charge is 2.30. The van der Waals surface area contributed by atoms with Crippen molar-refractivity contribution in [1.82, 2.24) is 0 Å². The van der Waals surface area contributed by atoms with E-state index >= 15 is 0 Å². The highest BCUT2D eigenvalue weighted by molar-refractivity contribution is 7.95. The normalized spacial score (nSPS) is 11.7. The zero-order valence-corrected chi connectivity index (χ0v) is 17.9. The Labute approximate surface area is 164 Å². The van der Waals surface area contributed by atoms with Crippen LogP contribution in [-0.4, -0.2) is 36.6 Å². The van der Waals surface area contributed by atoms with Crippen molar-refractivity contribution in [1.29, 1.82) is 0 Å². The molecule has 2 aromatic carbocycles. The van der Waals surface area contributed by atoms with Crippen LogP contribution in [0.15, 0.2) is 58.3 Å². The van der Waals surface area contributed by atoms with Crippen molar-refractivity contribution in [2.75, 3.05) is 12.5 Å². The number of hydrogen-bond acceptors (Lipinski definition) is 4. The SMILES string of the molecule is C[S+](C)c1ccccc1C(C)(C)CC(=O)O.Cc1ccc(S(=O)(=O)[O-])cc1. The second-order valence-corrected chi connectivity index (χ2v) is 10.5. The summed E-state index contributed by atoms with van der Waals surface area (Å²) in [4.78, 5) is 12.0. The van der Waals surface area contributed by atoms with Crippen molar-refractivity contribution in [2.45, 2.75) is 42.4 Å². The first-order valence-electron chi connectivity index (χ1n) is 8.26. The maximum Gasteiger partial charge on any atom is 0.304 e. The number of carboxylic acid groups (broad SMARTS) is 1. The van der Waals surface area contributed by atoms with Crippen LogP contribution in [0.3, 0.4) is 0 Å². The van der Waals surface area contributed by atoms with E-state index in [4.69, 9.17) is 5.11 Å². The number of carboxylic acids is 1. The number of benzene rings is 2. The van der Waals surface area contributed by atoms with E-state index in [0.717, 1.165) is 11.1 Å². The van der Waals surface area contributed by atoms with Gasteiger partial charge < -0.3 is 9.66 Å². The zero-order valence-electron chi connectivity index (χ0n) is 16.2. The van der Waals surface area contributed by atoms with E-state index in [2.05, 4.69) is 18.6 Å². The van der Waals surface area contributed by atoms with Crippen molar-refractivity contribution in [2.24, 2.45) is 0 Å². The van der Waals surface area contributed by atoms with Gasteiger partial charge in [-0.25, -0.2) is 8.42 Å². The molecule has 0 bridgehead atoms. The second-order valence-electron chi connectivity index (χ2n) is 7.03. The fourth-order valence-electron chi connectivity index (χ4n) is 2.56. The molecule has 0 aliphatic heterocycles. The van der Waals surface area contributed by atoms with Gasteiger partial charge in [-0.1, -0.05) is 49.7 Å². The van der Waals surface area contributed by atoms with Gasteiger partial charge in [0.15, 0.2) is 4.90 Å². The van der Waals surface area contributed by atoms with Crippen molar-refractivity contribution >= 4 is 27.0 Å². The van der Waals surface area contributed by atoms with Gasteiger partial charge in [-0.05, 0) is 25.1 Å². The maximum atomic E-state index is 10.9. The molecule has 5 nitrogen and oxygen atoms in total. The van der Waals surface area contributed by atoms with Gasteiger partial charge in [0.25, 0.3) is 0 Å². The quantitative estimate of drug-likeness (QED) is 0.601. The molecule has 0 saturated heterocycles. The predicted molar refractivity (Wildman–Crippen MR) is 108 cm³/mol. The van der Waals surface area contributed by atoms with E-state index in [0.29, 0.717) is 0 Å². The Bertz CT molecular complexity index is 870. The van der Waals surface area contributed by atoms with E-state index < -0.39 is 16.1 Å². The average molecular weight is 411 g/mol. The first-order chi connectivity index (χ1) is 12.3. The molecule has 0 amide bonds. The third kappa shape index (κ3) is 7.36. The Morgan fingerprint density at radius 1 is 1.07 bits per heavy atom. The molecule has 0 spiro atoms. The molecule has 0 saturated carbocycles. The van der Waals surface area contributed by atoms with Crippen LogP contribution in [0.4, 0.5) is 0 Å². The van der Waals surface area contributed by atoms with Crippen LogP contribution in [0.25, 0.3) is 0 Å². The van der Waals surface area contributed by atoms with Gasteiger partial charge in [0.1, 0.15) is 22.6 Å². The van der Waals surface area contributed by atoms with Gasteiger partial charge >= 0.3 is 5.97 Å². The number of aryl methyl sites for hydroxylation is 1. The molecule has 0 heterocycles. The lowest BCUT2D eigenvalue weighted by atomic mass is 9.81. The molecule has 0 fully saturated rings. The van der Waals surface area contributed by atoms with Crippen LogP contribution in [0.2, 0.25) is 0 Å². The van der Waals surface area contributed by atoms with Crippen molar-refractivity contribution in [3.05, 3.63) is 59.7 Å². The Hall–Kier alpha value is -1.83. The molecular formula is C20H26O5S2. The molecule has 7 heteroatoms. The number of carbonyl (C=O) groups is 1. The third-order valence-electron chi connectivity index (χ3n) is 3.96. The molecule has 0 aliphatic rings. The fraction of sp³-hybridized carbons (Fsp3) is 0.350. The topological polar surface area (TPSA) is 94.5 Å². The molecule has 0 aromatic heterocycles. The average Bonchev–Trinajstić information content (AvgIpc) is 2.54. The molecular weight excluding hydrogens is 384 g/mol. The predicted octanol–water partition coefficient (Wildman–Crippen LogP) is 3.57. The van der Waals surface area contributed by atoms with E-state index in [1.54, 1.807) is 12.1 Å². The number of rotatable bonds is 5. The van der Waals surface area contributed by atoms with Crippen molar-refractivity contribution in [3.63, 3.8) is 0 Å². The van der Waals surface area contributed by atoms with E-state index in [1.165, 1.54) is 17.0 Å². The molecule has 0 atom stereocenters. The van der Waals surface area contributed by atoms with Crippen LogP contribution >= 0.6 is 0 Å². The van der Waals surface area contributed by atoms with Gasteiger partial charge in [0.2, 0.25) is 0 Å². The summed E-state index contributed by atoms with van der Waals surface area (Å²) in [6, 6.07) is 13.9. The standard InChI is InChI=1S/C13H18O2S.C7H8O3S/c1-13(2,9-12(14)15)10-7-5-6-8-11(10)16(3)4;1-6-2-4-7(5-3-6)11(8,9)10/h5-8H,9H2,1-4H3;2-5H,1H3,(H,8,9,10). The molecule has 0 aliphatic carbocycles. The molecule has 27 heavy (non-hydrogen) atoms. The van der Waals surface area contributed by atoms with Gasteiger partial charge in [-0.3, -0.25) is 4.79 Å². The summed E-state index contributed by atoms with van der Waals surface area (Å²) in [5, 5.41) is 8.94. The molecule has 1 N–H and O–H groups in total. The van der Waals surface area contributed by atoms with Crippen LogP contribution in [0.5, 0.6) is 0 Å². The summed E-state index contributed by atoms with van der Waals surface area (Å²) in [6.07, 6.45) is 4.49. The minimum Gasteiger partial charge on any atom is -0.744 e. The minimum atomic E-state index is -4.27. The van der Waals surface area contributed by atoms with Crippen LogP contribution in [0, 0.1) is 6.92 Å². The second kappa shape index (κ2) is 9.39. The highest BCUT2D eigenvalue weighted by atomic mass is 32.2. The Kier molecular flexibility index (Phi) is 8.07. The fourth-order valence-corrected chi connectivity index (χ4v) is 4.16. The largest absolute Gasteiger partial charge is 0.744 e. The minimum absolute atomic E-state index is 0.155. The summed E-state index contributed by atoms with van der Waals surface area (Å²) in [5.41, 5.74) is 1.78. The van der Waals surface area contributed by atoms with Crippen molar-refractivity contribution < 1.29 is 22.9 Å². The Balaban J connectivity index is 0.000000289. The van der Waals surface area contributed by atoms with Crippen LogP contribution < -0.4 is 0 Å². The smallest absolute Gasteiger partial charge is 0.304 e. The monoisotopic (exact) mass is 410 g/mol. The lowest BCUT2D eigenvalue weighted by Gasteiger charge is -2.24. The number of aliphatic carboxylic acids is 1. The van der Waals surface area contributed by atoms with E-state index in [9.17, 15) is 17.8 Å². The molecule has 148 valence electrons. The summed E-state index contributed by atoms with van der Waals surface area (Å²) < 4.78 is 31.2. The first kappa shape index (κ1) is 23.2.